The number of carboxylic acid groups (broad SMARTS) is 1. The maximum atomic E-state index is 14.3. The Bertz CT molecular complexity index is 1940. The van der Waals surface area contributed by atoms with Crippen molar-refractivity contribution < 1.29 is 23.8 Å². The third-order valence-electron chi connectivity index (χ3n) is 7.50. The van der Waals surface area contributed by atoms with Gasteiger partial charge in [-0.25, -0.2) is 28.4 Å². The lowest BCUT2D eigenvalue weighted by Gasteiger charge is -2.35. The molecule has 3 aromatic heterocycles. The van der Waals surface area contributed by atoms with Gasteiger partial charge >= 0.3 is 12.2 Å². The first-order valence-electron chi connectivity index (χ1n) is 14.0. The summed E-state index contributed by atoms with van der Waals surface area (Å²) in [5.74, 6) is -0.0891. The van der Waals surface area contributed by atoms with Gasteiger partial charge in [0.25, 0.3) is 0 Å². The van der Waals surface area contributed by atoms with E-state index in [1.807, 2.05) is 19.1 Å². The summed E-state index contributed by atoms with van der Waals surface area (Å²) in [4.78, 5) is 37.3. The smallest absolute Gasteiger partial charge is 0.417 e. The largest absolute Gasteiger partial charge is 0.464 e. The van der Waals surface area contributed by atoms with Crippen LogP contribution in [0.4, 0.5) is 19.9 Å². The number of hydrogen-bond donors (Lipinski definition) is 1. The topological polar surface area (TPSA) is 115 Å². The third kappa shape index (κ3) is 5.00. The van der Waals surface area contributed by atoms with E-state index in [1.165, 1.54) is 26.1 Å². The van der Waals surface area contributed by atoms with E-state index in [0.717, 1.165) is 10.9 Å². The van der Waals surface area contributed by atoms with Gasteiger partial charge in [-0.2, -0.15) is 14.6 Å². The molecule has 1 aliphatic rings. The standard InChI is InChI=1S/C32H31FN6O4/c1-18(2)24-17-34-39-28(24)35-27(19-9-8-10-20(33)15-19)36-29(39)37(31(42)43-32(3,4)5)21-13-14-26-23(16-21)22-11-6-7-12-25(22)38(26)30(40)41/h6-12,15,17,21H,1,13-14,16H2,2-5H3,(H,40,41)/t21-/m1/s1. The maximum absolute atomic E-state index is 14.3. The lowest BCUT2D eigenvalue weighted by Crippen LogP contribution is -2.47. The van der Waals surface area contributed by atoms with Crippen molar-refractivity contribution in [1.82, 2.24) is 24.1 Å². The summed E-state index contributed by atoms with van der Waals surface area (Å²) in [5, 5.41) is 15.4. The van der Waals surface area contributed by atoms with Crippen LogP contribution in [-0.2, 0) is 17.6 Å². The molecule has 0 saturated heterocycles. The highest BCUT2D eigenvalue weighted by atomic mass is 19.1. The van der Waals surface area contributed by atoms with Crippen molar-refractivity contribution in [2.75, 3.05) is 4.90 Å². The first kappa shape index (κ1) is 28.1. The van der Waals surface area contributed by atoms with E-state index in [2.05, 4.69) is 11.7 Å². The molecule has 0 radical (unpaired) electrons. The number of amides is 1. The predicted octanol–water partition coefficient (Wildman–Crippen LogP) is 6.74. The number of benzene rings is 2. The molecular formula is C32H31FN6O4. The van der Waals surface area contributed by atoms with E-state index in [-0.39, 0.29) is 11.8 Å². The second-order valence-corrected chi connectivity index (χ2v) is 11.7. The van der Waals surface area contributed by atoms with Crippen LogP contribution in [0.3, 0.4) is 0 Å². The fourth-order valence-corrected chi connectivity index (χ4v) is 5.71. The molecule has 43 heavy (non-hydrogen) atoms. The molecule has 6 rings (SSSR count). The Morgan fingerprint density at radius 3 is 2.60 bits per heavy atom. The summed E-state index contributed by atoms with van der Waals surface area (Å²) in [7, 11) is 0. The molecule has 10 nitrogen and oxygen atoms in total. The third-order valence-corrected chi connectivity index (χ3v) is 7.50. The van der Waals surface area contributed by atoms with Crippen molar-refractivity contribution in [3.63, 3.8) is 0 Å². The number of para-hydroxylation sites is 1. The number of nitrogens with zero attached hydrogens (tertiary/aromatic N) is 6. The van der Waals surface area contributed by atoms with Crippen molar-refractivity contribution in [3.05, 3.63) is 83.9 Å². The summed E-state index contributed by atoms with van der Waals surface area (Å²) in [6, 6.07) is 12.8. The fourth-order valence-electron chi connectivity index (χ4n) is 5.71. The summed E-state index contributed by atoms with van der Waals surface area (Å²) in [5.41, 5.74) is 3.52. The Morgan fingerprint density at radius 2 is 1.91 bits per heavy atom. The van der Waals surface area contributed by atoms with Gasteiger partial charge in [0.1, 0.15) is 11.4 Å². The van der Waals surface area contributed by atoms with Crippen LogP contribution in [0.2, 0.25) is 0 Å². The molecule has 220 valence electrons. The number of fused-ring (bicyclic) bond motifs is 4. The molecule has 1 atom stereocenters. The van der Waals surface area contributed by atoms with Crippen LogP contribution < -0.4 is 4.90 Å². The molecule has 0 bridgehead atoms. The number of hydrogen-bond acceptors (Lipinski definition) is 6. The maximum Gasteiger partial charge on any atom is 0.417 e. The highest BCUT2D eigenvalue weighted by Gasteiger charge is 2.38. The van der Waals surface area contributed by atoms with Gasteiger partial charge in [-0.3, -0.25) is 0 Å². The average Bonchev–Trinajstić information content (AvgIpc) is 3.52. The summed E-state index contributed by atoms with van der Waals surface area (Å²) in [6.45, 7) is 11.2. The normalized spacial score (nSPS) is 15.0. The first-order valence-corrected chi connectivity index (χ1v) is 14.0. The number of halogens is 1. The van der Waals surface area contributed by atoms with Crippen LogP contribution in [0.1, 0.15) is 50.9 Å². The van der Waals surface area contributed by atoms with E-state index in [0.29, 0.717) is 52.8 Å². The number of carbonyl (C=O) groups is 2. The monoisotopic (exact) mass is 582 g/mol. The van der Waals surface area contributed by atoms with Gasteiger partial charge in [-0.1, -0.05) is 36.9 Å². The van der Waals surface area contributed by atoms with E-state index in [1.54, 1.807) is 51.2 Å². The molecule has 11 heteroatoms. The van der Waals surface area contributed by atoms with Crippen LogP contribution in [-0.4, -0.2) is 53.1 Å². The molecule has 3 heterocycles. The van der Waals surface area contributed by atoms with Crippen LogP contribution >= 0.6 is 0 Å². The molecule has 5 aromatic rings. The van der Waals surface area contributed by atoms with Gasteiger partial charge in [-0.05, 0) is 76.3 Å². The van der Waals surface area contributed by atoms with Crippen LogP contribution in [0.5, 0.6) is 0 Å². The van der Waals surface area contributed by atoms with Crippen LogP contribution in [0.15, 0.2) is 61.3 Å². The van der Waals surface area contributed by atoms with Crippen LogP contribution in [0.25, 0.3) is 33.5 Å². The molecule has 1 aliphatic carbocycles. The van der Waals surface area contributed by atoms with Crippen molar-refractivity contribution in [2.24, 2.45) is 0 Å². The predicted molar refractivity (Wildman–Crippen MR) is 161 cm³/mol. The number of carbonyl (C=O) groups excluding carboxylic acids is 1. The van der Waals surface area contributed by atoms with Crippen molar-refractivity contribution >= 4 is 40.3 Å². The quantitative estimate of drug-likeness (QED) is 0.249. The lowest BCUT2D eigenvalue weighted by molar-refractivity contribution is 0.0558. The molecule has 1 N–H and O–H groups in total. The number of allylic oxidation sites excluding steroid dienone is 1. The Kier molecular flexibility index (Phi) is 6.75. The minimum Gasteiger partial charge on any atom is -0.464 e. The second kappa shape index (κ2) is 10.3. The SMILES string of the molecule is C=C(C)c1cnn2c(N(C(=O)OC(C)(C)C)[C@@H]3CCc4c(c5ccccc5n4C(=O)O)C3)nc(-c3cccc(F)c3)nc12. The zero-order valence-electron chi connectivity index (χ0n) is 24.3. The minimum absolute atomic E-state index is 0.154. The number of aromatic nitrogens is 5. The van der Waals surface area contributed by atoms with Gasteiger partial charge in [0.2, 0.25) is 5.95 Å². The van der Waals surface area contributed by atoms with Gasteiger partial charge in [0, 0.05) is 28.2 Å². The van der Waals surface area contributed by atoms with Crippen molar-refractivity contribution in [2.45, 2.75) is 58.6 Å². The molecule has 2 aromatic carbocycles. The molecule has 0 aliphatic heterocycles. The van der Waals surface area contributed by atoms with E-state index < -0.39 is 29.6 Å². The molecule has 0 unspecified atom stereocenters. The van der Waals surface area contributed by atoms with Gasteiger partial charge in [0.05, 0.1) is 11.7 Å². The average molecular weight is 583 g/mol. The summed E-state index contributed by atoms with van der Waals surface area (Å²) in [6.07, 6.45) is 1.11. The van der Waals surface area contributed by atoms with E-state index in [4.69, 9.17) is 14.7 Å². The number of anilines is 1. The van der Waals surface area contributed by atoms with Gasteiger partial charge < -0.3 is 9.84 Å². The molecule has 0 spiro atoms. The highest BCUT2D eigenvalue weighted by Crippen LogP contribution is 2.36. The van der Waals surface area contributed by atoms with Crippen molar-refractivity contribution in [1.29, 1.82) is 0 Å². The molecule has 0 saturated carbocycles. The summed E-state index contributed by atoms with van der Waals surface area (Å²) >= 11 is 0. The number of ether oxygens (including phenoxy) is 1. The highest BCUT2D eigenvalue weighted by molar-refractivity contribution is 5.94. The molecule has 0 fully saturated rings. The van der Waals surface area contributed by atoms with E-state index >= 15 is 0 Å². The Labute approximate surface area is 247 Å². The van der Waals surface area contributed by atoms with Gasteiger partial charge in [0.15, 0.2) is 11.5 Å². The number of rotatable bonds is 4. The fraction of sp³-hybridized carbons (Fsp3) is 0.281. The zero-order chi connectivity index (χ0) is 30.6. The van der Waals surface area contributed by atoms with Gasteiger partial charge in [-0.15, -0.1) is 0 Å². The minimum atomic E-state index is -1.05. The Hall–Kier alpha value is -5.06. The second-order valence-electron chi connectivity index (χ2n) is 11.7. The Morgan fingerprint density at radius 1 is 1.14 bits per heavy atom. The molecular weight excluding hydrogens is 551 g/mol. The first-order chi connectivity index (χ1) is 20.4. The summed E-state index contributed by atoms with van der Waals surface area (Å²) < 4.78 is 23.0. The van der Waals surface area contributed by atoms with Crippen molar-refractivity contribution in [3.8, 4) is 11.4 Å². The Balaban J connectivity index is 1.56. The zero-order valence-corrected chi connectivity index (χ0v) is 24.3. The van der Waals surface area contributed by atoms with Crippen LogP contribution in [0, 0.1) is 5.82 Å². The molecule has 1 amide bonds. The van der Waals surface area contributed by atoms with E-state index in [9.17, 15) is 19.1 Å². The lowest BCUT2D eigenvalue weighted by atomic mass is 9.90.